The van der Waals surface area contributed by atoms with Gasteiger partial charge in [0, 0.05) is 18.1 Å². The van der Waals surface area contributed by atoms with Crippen LogP contribution in [-0.4, -0.2) is 37.2 Å². The zero-order valence-corrected chi connectivity index (χ0v) is 15.8. The van der Waals surface area contributed by atoms with Gasteiger partial charge in [-0.15, -0.1) is 0 Å². The highest BCUT2D eigenvalue weighted by Crippen LogP contribution is 2.29. The molecule has 0 saturated carbocycles. The summed E-state index contributed by atoms with van der Waals surface area (Å²) in [5, 5.41) is 10.4. The fraction of sp³-hybridized carbons (Fsp3) is 0.273. The first-order valence-electron chi connectivity index (χ1n) is 8.95. The van der Waals surface area contributed by atoms with Crippen molar-refractivity contribution in [1.29, 1.82) is 0 Å². The molecular weight excluding hydrogens is 360 g/mol. The third kappa shape index (κ3) is 4.17. The topological polar surface area (TPSA) is 82.1 Å². The largest absolute Gasteiger partial charge is 0.507 e. The molecule has 0 bridgehead atoms. The Balaban J connectivity index is 1.73. The Morgan fingerprint density at radius 3 is 2.54 bits per heavy atom. The van der Waals surface area contributed by atoms with Crippen LogP contribution in [0.2, 0.25) is 0 Å². The smallest absolute Gasteiger partial charge is 0.346 e. The number of hydrogen-bond donors (Lipinski definition) is 1. The number of benzene rings is 2. The third-order valence-electron chi connectivity index (χ3n) is 4.68. The van der Waals surface area contributed by atoms with E-state index < -0.39 is 17.9 Å². The summed E-state index contributed by atoms with van der Waals surface area (Å²) in [5.74, 6) is -0.518. The standard InChI is InChI=1S/C22H22O6/c1-26-16-10-9-15(19(13-16)27-2)12-17(23)20-21(24)18(28-22(20)25)11-8-14-6-4-3-5-7-14/h3-7,9-10,13,18,24H,8,11-12H2,1-2H3. The molecule has 1 unspecified atom stereocenters. The zero-order chi connectivity index (χ0) is 20.1. The average Bonchev–Trinajstić information content (AvgIpc) is 3.00. The van der Waals surface area contributed by atoms with Crippen molar-refractivity contribution < 1.29 is 28.9 Å². The van der Waals surface area contributed by atoms with Crippen molar-refractivity contribution in [3.63, 3.8) is 0 Å². The van der Waals surface area contributed by atoms with E-state index in [0.29, 0.717) is 29.9 Å². The van der Waals surface area contributed by atoms with Crippen LogP contribution in [0.4, 0.5) is 0 Å². The quantitative estimate of drug-likeness (QED) is 0.558. The van der Waals surface area contributed by atoms with E-state index in [2.05, 4.69) is 0 Å². The molecule has 6 nitrogen and oxygen atoms in total. The molecule has 28 heavy (non-hydrogen) atoms. The fourth-order valence-corrected chi connectivity index (χ4v) is 3.16. The molecule has 2 aromatic carbocycles. The highest BCUT2D eigenvalue weighted by molar-refractivity contribution is 6.19. The summed E-state index contributed by atoms with van der Waals surface area (Å²) in [4.78, 5) is 24.9. The molecule has 0 aromatic heterocycles. The van der Waals surface area contributed by atoms with Crippen molar-refractivity contribution in [3.05, 3.63) is 71.0 Å². The van der Waals surface area contributed by atoms with Crippen LogP contribution in [0, 0.1) is 0 Å². The van der Waals surface area contributed by atoms with E-state index in [0.717, 1.165) is 5.56 Å². The second-order valence-corrected chi connectivity index (χ2v) is 6.46. The first kappa shape index (κ1) is 19.5. The first-order chi connectivity index (χ1) is 13.5. The number of rotatable bonds is 8. The normalized spacial score (nSPS) is 16.1. The van der Waals surface area contributed by atoms with Gasteiger partial charge < -0.3 is 19.3 Å². The van der Waals surface area contributed by atoms with Gasteiger partial charge in [-0.2, -0.15) is 0 Å². The molecule has 3 rings (SSSR count). The number of methoxy groups -OCH3 is 2. The van der Waals surface area contributed by atoms with Gasteiger partial charge in [-0.25, -0.2) is 4.79 Å². The van der Waals surface area contributed by atoms with Gasteiger partial charge in [0.05, 0.1) is 14.2 Å². The van der Waals surface area contributed by atoms with Crippen molar-refractivity contribution >= 4 is 11.8 Å². The molecule has 6 heteroatoms. The SMILES string of the molecule is COc1ccc(CC(=O)C2=C(O)C(CCc3ccccc3)OC2=O)c(OC)c1. The van der Waals surface area contributed by atoms with Crippen LogP contribution in [0.25, 0.3) is 0 Å². The van der Waals surface area contributed by atoms with E-state index in [9.17, 15) is 14.7 Å². The number of aryl methyl sites for hydroxylation is 1. The molecule has 0 fully saturated rings. The first-order valence-corrected chi connectivity index (χ1v) is 8.95. The predicted molar refractivity (Wildman–Crippen MR) is 103 cm³/mol. The molecule has 0 amide bonds. The van der Waals surface area contributed by atoms with E-state index in [-0.39, 0.29) is 17.8 Å². The Morgan fingerprint density at radius 2 is 1.86 bits per heavy atom. The summed E-state index contributed by atoms with van der Waals surface area (Å²) in [6.07, 6.45) is 0.137. The number of aliphatic hydroxyl groups is 1. The van der Waals surface area contributed by atoms with Crippen molar-refractivity contribution in [2.45, 2.75) is 25.4 Å². The van der Waals surface area contributed by atoms with Crippen LogP contribution in [0.3, 0.4) is 0 Å². The molecular formula is C22H22O6. The van der Waals surface area contributed by atoms with Crippen molar-refractivity contribution in [2.24, 2.45) is 0 Å². The van der Waals surface area contributed by atoms with E-state index in [4.69, 9.17) is 14.2 Å². The Labute approximate surface area is 163 Å². The van der Waals surface area contributed by atoms with Crippen LogP contribution in [-0.2, 0) is 27.2 Å². The van der Waals surface area contributed by atoms with Crippen molar-refractivity contribution in [1.82, 2.24) is 0 Å². The van der Waals surface area contributed by atoms with Gasteiger partial charge in [0.25, 0.3) is 0 Å². The predicted octanol–water partition coefficient (Wildman–Crippen LogP) is 3.19. The molecule has 1 aliphatic rings. The maximum atomic E-state index is 12.7. The molecule has 1 atom stereocenters. The minimum atomic E-state index is -0.801. The lowest BCUT2D eigenvalue weighted by Crippen LogP contribution is -2.14. The average molecular weight is 382 g/mol. The Bertz CT molecular complexity index is 900. The molecule has 146 valence electrons. The van der Waals surface area contributed by atoms with Crippen LogP contribution in [0.15, 0.2) is 59.9 Å². The number of hydrogen-bond acceptors (Lipinski definition) is 6. The molecule has 1 aliphatic heterocycles. The number of ether oxygens (including phenoxy) is 3. The summed E-state index contributed by atoms with van der Waals surface area (Å²) in [5.41, 5.74) is 1.37. The molecule has 0 aliphatic carbocycles. The minimum absolute atomic E-state index is 0.0902. The maximum Gasteiger partial charge on any atom is 0.346 e. The summed E-state index contributed by atoms with van der Waals surface area (Å²) >= 11 is 0. The number of carbonyl (C=O) groups excluding carboxylic acids is 2. The summed E-state index contributed by atoms with van der Waals surface area (Å²) in [6.45, 7) is 0. The lowest BCUT2D eigenvalue weighted by atomic mass is 9.99. The monoisotopic (exact) mass is 382 g/mol. The van der Waals surface area contributed by atoms with Gasteiger partial charge in [0.1, 0.15) is 17.1 Å². The van der Waals surface area contributed by atoms with Gasteiger partial charge in [-0.05, 0) is 24.5 Å². The van der Waals surface area contributed by atoms with Crippen molar-refractivity contribution in [2.75, 3.05) is 14.2 Å². The minimum Gasteiger partial charge on any atom is -0.507 e. The number of Topliss-reactive ketones (excluding diaryl/α,β-unsaturated/α-hetero) is 1. The second-order valence-electron chi connectivity index (χ2n) is 6.46. The number of cyclic esters (lactones) is 1. The molecule has 2 aromatic rings. The van der Waals surface area contributed by atoms with E-state index >= 15 is 0 Å². The summed E-state index contributed by atoms with van der Waals surface area (Å²) in [6, 6.07) is 14.7. The van der Waals surface area contributed by atoms with Gasteiger partial charge >= 0.3 is 5.97 Å². The van der Waals surface area contributed by atoms with E-state index in [1.165, 1.54) is 14.2 Å². The van der Waals surface area contributed by atoms with Crippen LogP contribution >= 0.6 is 0 Å². The van der Waals surface area contributed by atoms with Crippen LogP contribution in [0.1, 0.15) is 17.5 Å². The van der Waals surface area contributed by atoms with Crippen LogP contribution < -0.4 is 9.47 Å². The summed E-state index contributed by atoms with van der Waals surface area (Å²) < 4.78 is 15.7. The number of esters is 1. The lowest BCUT2D eigenvalue weighted by Gasteiger charge is -2.10. The fourth-order valence-electron chi connectivity index (χ4n) is 3.16. The maximum absolute atomic E-state index is 12.7. The Morgan fingerprint density at radius 1 is 1.11 bits per heavy atom. The van der Waals surface area contributed by atoms with Crippen LogP contribution in [0.5, 0.6) is 11.5 Å². The van der Waals surface area contributed by atoms with Gasteiger partial charge in [0.15, 0.2) is 17.6 Å². The second kappa shape index (κ2) is 8.61. The Kier molecular flexibility index (Phi) is 5.99. The highest BCUT2D eigenvalue weighted by Gasteiger charge is 2.38. The van der Waals surface area contributed by atoms with Gasteiger partial charge in [0.2, 0.25) is 0 Å². The van der Waals surface area contributed by atoms with E-state index in [1.807, 2.05) is 30.3 Å². The molecule has 0 saturated heterocycles. The zero-order valence-electron chi connectivity index (χ0n) is 15.8. The van der Waals surface area contributed by atoms with Gasteiger partial charge in [-0.1, -0.05) is 36.4 Å². The Hall–Kier alpha value is -3.28. The number of carbonyl (C=O) groups is 2. The number of ketones is 1. The number of aliphatic hydroxyl groups excluding tert-OH is 1. The third-order valence-corrected chi connectivity index (χ3v) is 4.68. The molecule has 0 radical (unpaired) electrons. The van der Waals surface area contributed by atoms with E-state index in [1.54, 1.807) is 18.2 Å². The molecule has 1 heterocycles. The highest BCUT2D eigenvalue weighted by atomic mass is 16.6. The summed E-state index contributed by atoms with van der Waals surface area (Å²) in [7, 11) is 3.02. The van der Waals surface area contributed by atoms with Gasteiger partial charge in [-0.3, -0.25) is 4.79 Å². The van der Waals surface area contributed by atoms with Crippen molar-refractivity contribution in [3.8, 4) is 11.5 Å². The lowest BCUT2D eigenvalue weighted by molar-refractivity contribution is -0.141. The molecule has 1 N–H and O–H groups in total. The molecule has 0 spiro atoms.